The Morgan fingerprint density at radius 1 is 0.452 bits per heavy atom. The van der Waals surface area contributed by atoms with E-state index in [0.717, 1.165) is 33.9 Å². The minimum atomic E-state index is 0.737. The Balaban J connectivity index is 1.69. The van der Waals surface area contributed by atoms with Crippen LogP contribution in [0.3, 0.4) is 0 Å². The van der Waals surface area contributed by atoms with Gasteiger partial charge in [-0.3, -0.25) is 0 Å². The summed E-state index contributed by atoms with van der Waals surface area (Å²) in [4.78, 5) is 9.88. The third-order valence-corrected chi connectivity index (χ3v) is 5.44. The number of aryl methyl sites for hydroxylation is 1. The van der Waals surface area contributed by atoms with Crippen LogP contribution in [-0.2, 0) is 0 Å². The molecule has 31 heavy (non-hydrogen) atoms. The lowest BCUT2D eigenvalue weighted by Crippen LogP contribution is -1.97. The molecule has 0 atom stereocenters. The minimum absolute atomic E-state index is 0.737. The number of hydrogen-bond acceptors (Lipinski definition) is 2. The Bertz CT molecular complexity index is 1330. The number of hydrogen-bond donors (Lipinski definition) is 0. The fourth-order valence-corrected chi connectivity index (χ4v) is 3.80. The second-order valence-electron chi connectivity index (χ2n) is 7.59. The van der Waals surface area contributed by atoms with E-state index in [0.29, 0.717) is 0 Å². The van der Waals surface area contributed by atoms with Gasteiger partial charge in [-0.1, -0.05) is 103 Å². The van der Waals surface area contributed by atoms with E-state index in [1.165, 1.54) is 16.7 Å². The Morgan fingerprint density at radius 3 is 1.77 bits per heavy atom. The zero-order chi connectivity index (χ0) is 21.0. The topological polar surface area (TPSA) is 25.8 Å². The van der Waals surface area contributed by atoms with Crippen molar-refractivity contribution in [2.75, 3.05) is 0 Å². The van der Waals surface area contributed by atoms with Crippen molar-refractivity contribution in [1.29, 1.82) is 0 Å². The predicted octanol–water partition coefficient (Wildman–Crippen LogP) is 7.45. The van der Waals surface area contributed by atoms with Crippen LogP contribution in [0.1, 0.15) is 5.56 Å². The van der Waals surface area contributed by atoms with Gasteiger partial charge < -0.3 is 0 Å². The lowest BCUT2D eigenvalue weighted by molar-refractivity contribution is 1.18. The number of benzene rings is 4. The fourth-order valence-electron chi connectivity index (χ4n) is 3.80. The van der Waals surface area contributed by atoms with Crippen LogP contribution >= 0.6 is 0 Å². The van der Waals surface area contributed by atoms with Crippen LogP contribution in [0.15, 0.2) is 115 Å². The number of aromatic nitrogens is 2. The zero-order valence-electron chi connectivity index (χ0n) is 17.4. The zero-order valence-corrected chi connectivity index (χ0v) is 17.4. The van der Waals surface area contributed by atoms with Crippen molar-refractivity contribution < 1.29 is 0 Å². The van der Waals surface area contributed by atoms with Gasteiger partial charge in [0.2, 0.25) is 0 Å². The van der Waals surface area contributed by atoms with Gasteiger partial charge in [-0.05, 0) is 35.7 Å². The molecule has 1 aromatic heterocycles. The molecule has 5 rings (SSSR count). The van der Waals surface area contributed by atoms with Crippen molar-refractivity contribution in [3.05, 3.63) is 121 Å². The summed E-state index contributed by atoms with van der Waals surface area (Å²) >= 11 is 0. The van der Waals surface area contributed by atoms with Crippen molar-refractivity contribution in [1.82, 2.24) is 9.97 Å². The largest absolute Gasteiger partial charge is 0.228 e. The van der Waals surface area contributed by atoms with Crippen LogP contribution < -0.4 is 0 Å². The van der Waals surface area contributed by atoms with E-state index in [9.17, 15) is 0 Å². The molecule has 0 unspecified atom stereocenters. The first-order valence-corrected chi connectivity index (χ1v) is 10.4. The highest BCUT2D eigenvalue weighted by Crippen LogP contribution is 2.31. The van der Waals surface area contributed by atoms with Gasteiger partial charge in [-0.2, -0.15) is 0 Å². The van der Waals surface area contributed by atoms with Crippen molar-refractivity contribution in [2.45, 2.75) is 6.92 Å². The van der Waals surface area contributed by atoms with Gasteiger partial charge in [0.05, 0.1) is 11.4 Å². The van der Waals surface area contributed by atoms with Crippen molar-refractivity contribution in [3.63, 3.8) is 0 Å². The first kappa shape index (κ1) is 19.0. The number of rotatable bonds is 4. The van der Waals surface area contributed by atoms with Gasteiger partial charge in [0, 0.05) is 16.7 Å². The normalized spacial score (nSPS) is 10.7. The van der Waals surface area contributed by atoms with Crippen molar-refractivity contribution in [3.8, 4) is 45.0 Å². The van der Waals surface area contributed by atoms with Crippen LogP contribution in [0.2, 0.25) is 0 Å². The second kappa shape index (κ2) is 8.37. The maximum absolute atomic E-state index is 4.95. The van der Waals surface area contributed by atoms with E-state index >= 15 is 0 Å². The molecule has 0 aliphatic rings. The molecule has 2 heteroatoms. The van der Waals surface area contributed by atoms with Gasteiger partial charge in [0.25, 0.3) is 0 Å². The molecule has 0 amide bonds. The molecule has 2 nitrogen and oxygen atoms in total. The Hall–Kier alpha value is -4.04. The predicted molar refractivity (Wildman–Crippen MR) is 129 cm³/mol. The van der Waals surface area contributed by atoms with Gasteiger partial charge in [0.15, 0.2) is 5.82 Å². The molecule has 0 fully saturated rings. The molecule has 0 N–H and O–H groups in total. The van der Waals surface area contributed by atoms with E-state index in [2.05, 4.69) is 97.9 Å². The molecule has 1 heterocycles. The van der Waals surface area contributed by atoms with E-state index < -0.39 is 0 Å². The van der Waals surface area contributed by atoms with E-state index in [1.807, 2.05) is 24.3 Å². The molecule has 0 saturated heterocycles. The quantitative estimate of drug-likeness (QED) is 0.314. The standard InChI is InChI=1S/C29H22N2/c1-21-11-8-9-18-26(21)28-20-27(30-29(31-28)23-14-6-3-7-15-23)25-17-10-16-24(19-25)22-12-4-2-5-13-22/h2-20H,1H3. The summed E-state index contributed by atoms with van der Waals surface area (Å²) in [6, 6.07) is 39.6. The third kappa shape index (κ3) is 4.01. The Morgan fingerprint density at radius 2 is 1.03 bits per heavy atom. The molecular formula is C29H22N2. The molecule has 0 saturated carbocycles. The highest BCUT2D eigenvalue weighted by molar-refractivity contribution is 5.76. The molecule has 4 aromatic carbocycles. The lowest BCUT2D eigenvalue weighted by atomic mass is 10.00. The molecule has 0 spiro atoms. The minimum Gasteiger partial charge on any atom is -0.228 e. The molecule has 5 aromatic rings. The van der Waals surface area contributed by atoms with Crippen LogP contribution in [0.4, 0.5) is 0 Å². The molecule has 0 aliphatic carbocycles. The Labute approximate surface area is 182 Å². The van der Waals surface area contributed by atoms with Crippen LogP contribution in [0.5, 0.6) is 0 Å². The molecule has 0 bridgehead atoms. The lowest BCUT2D eigenvalue weighted by Gasteiger charge is -2.11. The van der Waals surface area contributed by atoms with Crippen molar-refractivity contribution >= 4 is 0 Å². The maximum Gasteiger partial charge on any atom is 0.160 e. The summed E-state index contributed by atoms with van der Waals surface area (Å²) in [5.41, 5.74) is 8.65. The summed E-state index contributed by atoms with van der Waals surface area (Å²) < 4.78 is 0. The van der Waals surface area contributed by atoms with Crippen LogP contribution in [0.25, 0.3) is 45.0 Å². The van der Waals surface area contributed by atoms with Gasteiger partial charge in [-0.15, -0.1) is 0 Å². The van der Waals surface area contributed by atoms with Gasteiger partial charge in [-0.25, -0.2) is 9.97 Å². The van der Waals surface area contributed by atoms with E-state index in [-0.39, 0.29) is 0 Å². The van der Waals surface area contributed by atoms with Gasteiger partial charge >= 0.3 is 0 Å². The number of nitrogens with zero attached hydrogens (tertiary/aromatic N) is 2. The highest BCUT2D eigenvalue weighted by Gasteiger charge is 2.12. The van der Waals surface area contributed by atoms with E-state index in [4.69, 9.17) is 9.97 Å². The monoisotopic (exact) mass is 398 g/mol. The fraction of sp³-hybridized carbons (Fsp3) is 0.0345. The SMILES string of the molecule is Cc1ccccc1-c1cc(-c2cccc(-c3ccccc3)c2)nc(-c2ccccc2)n1. The molecule has 148 valence electrons. The first-order valence-electron chi connectivity index (χ1n) is 10.4. The summed E-state index contributed by atoms with van der Waals surface area (Å²) in [5, 5.41) is 0. The maximum atomic E-state index is 4.95. The summed E-state index contributed by atoms with van der Waals surface area (Å²) in [6.07, 6.45) is 0. The average molecular weight is 399 g/mol. The smallest absolute Gasteiger partial charge is 0.160 e. The van der Waals surface area contributed by atoms with Gasteiger partial charge in [0.1, 0.15) is 0 Å². The van der Waals surface area contributed by atoms with Crippen LogP contribution in [0, 0.1) is 6.92 Å². The Kier molecular flexibility index (Phi) is 5.12. The summed E-state index contributed by atoms with van der Waals surface area (Å²) in [6.45, 7) is 2.12. The molecule has 0 radical (unpaired) electrons. The second-order valence-corrected chi connectivity index (χ2v) is 7.59. The van der Waals surface area contributed by atoms with Crippen molar-refractivity contribution in [2.24, 2.45) is 0 Å². The molecular weight excluding hydrogens is 376 g/mol. The van der Waals surface area contributed by atoms with Crippen LogP contribution in [-0.4, -0.2) is 9.97 Å². The summed E-state index contributed by atoms with van der Waals surface area (Å²) in [5.74, 6) is 0.737. The average Bonchev–Trinajstić information content (AvgIpc) is 2.85. The highest BCUT2D eigenvalue weighted by atomic mass is 14.9. The van der Waals surface area contributed by atoms with E-state index in [1.54, 1.807) is 0 Å². The molecule has 0 aliphatic heterocycles. The summed E-state index contributed by atoms with van der Waals surface area (Å²) in [7, 11) is 0. The third-order valence-electron chi connectivity index (χ3n) is 5.44. The first-order chi connectivity index (χ1) is 15.3.